The normalized spacial score (nSPS) is 22.1. The summed E-state index contributed by atoms with van der Waals surface area (Å²) >= 11 is 0. The van der Waals surface area contributed by atoms with Crippen molar-refractivity contribution in [2.75, 3.05) is 7.11 Å². The van der Waals surface area contributed by atoms with Crippen LogP contribution >= 0.6 is 0 Å². The highest BCUT2D eigenvalue weighted by atomic mass is 16.6. The van der Waals surface area contributed by atoms with Crippen LogP contribution in [0.4, 0.5) is 9.59 Å². The van der Waals surface area contributed by atoms with Crippen molar-refractivity contribution < 1.29 is 28.6 Å². The lowest BCUT2D eigenvalue weighted by atomic mass is 9.86. The number of aryl methyl sites for hydroxylation is 2. The van der Waals surface area contributed by atoms with Crippen LogP contribution in [0, 0.1) is 5.92 Å². The van der Waals surface area contributed by atoms with Crippen molar-refractivity contribution in [3.63, 3.8) is 0 Å². The van der Waals surface area contributed by atoms with Crippen LogP contribution in [-0.4, -0.2) is 78.7 Å². The number of nitrogens with one attached hydrogen (secondary N) is 3. The number of hydrogen-bond donors (Lipinski definition) is 3. The van der Waals surface area contributed by atoms with E-state index in [1.807, 2.05) is 50.6 Å². The van der Waals surface area contributed by atoms with E-state index in [0.29, 0.717) is 6.61 Å². The van der Waals surface area contributed by atoms with Crippen LogP contribution in [-0.2, 0) is 33.7 Å². The Bertz CT molecular complexity index is 2200. The van der Waals surface area contributed by atoms with E-state index in [4.69, 9.17) is 24.2 Å². The maximum Gasteiger partial charge on any atom is 0.411 e. The molecule has 4 aliphatic rings. The topological polar surface area (TPSA) is 155 Å². The van der Waals surface area contributed by atoms with Crippen molar-refractivity contribution in [1.29, 1.82) is 0 Å². The zero-order chi connectivity index (χ0) is 40.3. The smallest absolute Gasteiger partial charge is 0.411 e. The van der Waals surface area contributed by atoms with Crippen molar-refractivity contribution in [3.05, 3.63) is 65.0 Å². The van der Waals surface area contributed by atoms with Gasteiger partial charge in [-0.1, -0.05) is 32.4 Å². The van der Waals surface area contributed by atoms with Crippen LogP contribution in [0.3, 0.4) is 0 Å². The fourth-order valence-electron chi connectivity index (χ4n) is 9.11. The molecule has 5 heterocycles. The predicted molar refractivity (Wildman–Crippen MR) is 215 cm³/mol. The largest absolute Gasteiger partial charge is 0.488 e. The number of likely N-dealkylation sites (tertiary alicyclic amines) is 2. The number of methoxy groups -OCH3 is 1. The molecule has 3 N–H and O–H groups in total. The molecule has 302 valence electrons. The average molecular weight is 778 g/mol. The number of aromatic amines is 2. The summed E-state index contributed by atoms with van der Waals surface area (Å²) in [4.78, 5) is 60.2. The van der Waals surface area contributed by atoms with E-state index < -0.39 is 17.7 Å². The van der Waals surface area contributed by atoms with Gasteiger partial charge in [-0.05, 0) is 120 Å². The predicted octanol–water partition coefficient (Wildman–Crippen LogP) is 8.41. The molecule has 13 nitrogen and oxygen atoms in total. The maximum atomic E-state index is 14.0. The zero-order valence-corrected chi connectivity index (χ0v) is 34.3. The van der Waals surface area contributed by atoms with E-state index in [9.17, 15) is 14.4 Å². The van der Waals surface area contributed by atoms with Gasteiger partial charge in [0.2, 0.25) is 5.91 Å². The molecule has 0 saturated carbocycles. The summed E-state index contributed by atoms with van der Waals surface area (Å²) in [6.07, 6.45) is 6.70. The van der Waals surface area contributed by atoms with Crippen molar-refractivity contribution in [2.45, 2.75) is 136 Å². The second-order valence-corrected chi connectivity index (χ2v) is 17.3. The second kappa shape index (κ2) is 14.9. The van der Waals surface area contributed by atoms with Gasteiger partial charge in [0.05, 0.1) is 36.8 Å². The summed E-state index contributed by atoms with van der Waals surface area (Å²) in [6, 6.07) is 9.81. The van der Waals surface area contributed by atoms with Crippen LogP contribution in [0.25, 0.3) is 33.6 Å². The minimum absolute atomic E-state index is 0.000985. The van der Waals surface area contributed by atoms with Gasteiger partial charge in [0.15, 0.2) is 0 Å². The van der Waals surface area contributed by atoms with Gasteiger partial charge in [-0.3, -0.25) is 9.69 Å². The molecule has 2 fully saturated rings. The monoisotopic (exact) mass is 777 g/mol. The first-order valence-electron chi connectivity index (χ1n) is 20.5. The van der Waals surface area contributed by atoms with Crippen LogP contribution in [0.2, 0.25) is 0 Å². The lowest BCUT2D eigenvalue weighted by Gasteiger charge is -2.33. The third-order valence-corrected chi connectivity index (χ3v) is 12.4. The van der Waals surface area contributed by atoms with Gasteiger partial charge in [0.1, 0.15) is 35.6 Å². The molecule has 0 unspecified atom stereocenters. The molecule has 1 aliphatic carbocycles. The number of benzene rings is 2. The molecule has 8 rings (SSSR count). The molecule has 2 aromatic carbocycles. The fraction of sp³-hybridized carbons (Fsp3) is 0.523. The molecule has 0 bridgehead atoms. The Kier molecular flexibility index (Phi) is 10.1. The molecule has 6 atom stereocenters. The summed E-state index contributed by atoms with van der Waals surface area (Å²) in [7, 11) is 1.31. The number of amides is 3. The number of alkyl carbamates (subject to hydrolysis) is 1. The highest BCUT2D eigenvalue weighted by Gasteiger charge is 2.42. The van der Waals surface area contributed by atoms with Crippen LogP contribution in [0.1, 0.15) is 121 Å². The van der Waals surface area contributed by atoms with E-state index in [2.05, 4.69) is 59.5 Å². The van der Waals surface area contributed by atoms with Gasteiger partial charge < -0.3 is 34.4 Å². The lowest BCUT2D eigenvalue weighted by molar-refractivity contribution is -0.137. The number of ether oxygens (including phenoxy) is 3. The summed E-state index contributed by atoms with van der Waals surface area (Å²) in [5.41, 5.74) is 8.90. The number of aromatic nitrogens is 4. The second-order valence-electron chi connectivity index (χ2n) is 17.3. The molecule has 0 spiro atoms. The Labute approximate surface area is 334 Å². The summed E-state index contributed by atoms with van der Waals surface area (Å²) < 4.78 is 17.1. The molecule has 2 aromatic heterocycles. The molecule has 4 aromatic rings. The van der Waals surface area contributed by atoms with Gasteiger partial charge in [-0.25, -0.2) is 19.6 Å². The molecule has 0 radical (unpaired) electrons. The Morgan fingerprint density at radius 3 is 2.39 bits per heavy atom. The van der Waals surface area contributed by atoms with Crippen molar-refractivity contribution in [1.82, 2.24) is 35.1 Å². The van der Waals surface area contributed by atoms with Gasteiger partial charge in [-0.2, -0.15) is 0 Å². The van der Waals surface area contributed by atoms with Gasteiger partial charge in [0.25, 0.3) is 0 Å². The highest BCUT2D eigenvalue weighted by molar-refractivity contribution is 5.87. The summed E-state index contributed by atoms with van der Waals surface area (Å²) in [6.45, 7) is 14.2. The highest BCUT2D eigenvalue weighted by Crippen LogP contribution is 2.46. The molecule has 3 amide bonds. The fourth-order valence-corrected chi connectivity index (χ4v) is 9.11. The number of rotatable bonds is 7. The maximum absolute atomic E-state index is 14.0. The quantitative estimate of drug-likeness (QED) is 0.169. The number of carbonyl (C=O) groups is 3. The minimum Gasteiger partial charge on any atom is -0.488 e. The van der Waals surface area contributed by atoms with Crippen LogP contribution < -0.4 is 10.1 Å². The first-order chi connectivity index (χ1) is 27.2. The summed E-state index contributed by atoms with van der Waals surface area (Å²) in [5, 5.41) is 2.78. The number of fused-ring (bicyclic) bond motifs is 6. The molecular formula is C44H55N7O6. The third kappa shape index (κ3) is 7.14. The first kappa shape index (κ1) is 38.5. The summed E-state index contributed by atoms with van der Waals surface area (Å²) in [5.74, 6) is 2.19. The Morgan fingerprint density at radius 2 is 1.67 bits per heavy atom. The number of carbonyl (C=O) groups excluding carboxylic acids is 3. The number of hydrogen-bond acceptors (Lipinski definition) is 8. The Hall–Kier alpha value is -5.33. The lowest BCUT2D eigenvalue weighted by Crippen LogP contribution is -2.53. The van der Waals surface area contributed by atoms with E-state index in [1.54, 1.807) is 0 Å². The first-order valence-corrected chi connectivity index (χ1v) is 20.5. The number of nitrogens with zero attached hydrogens (tertiary/aromatic N) is 4. The zero-order valence-electron chi connectivity index (χ0n) is 34.3. The molecule has 3 aliphatic heterocycles. The minimum atomic E-state index is -0.689. The molecule has 13 heteroatoms. The van der Waals surface area contributed by atoms with E-state index in [1.165, 1.54) is 12.7 Å². The van der Waals surface area contributed by atoms with Gasteiger partial charge in [-0.15, -0.1) is 0 Å². The SMILES string of the molecule is CC[C@H](C)[C@H](NC(=O)OC)C(=O)N1[C@@H](C)CC[C@H]1c1ncc(-c2ccc3c(c2)COc2cc4c(cc2-3)CCc2[nH]c([C@@H]3CC[C@H](C)N3C(=O)OC(C)(C)C)nc2-4)[nH]1. The average Bonchev–Trinajstić information content (AvgIpc) is 4.00. The van der Waals surface area contributed by atoms with Crippen molar-refractivity contribution >= 4 is 18.1 Å². The molecule has 57 heavy (non-hydrogen) atoms. The van der Waals surface area contributed by atoms with Crippen LogP contribution in [0.5, 0.6) is 5.75 Å². The van der Waals surface area contributed by atoms with Gasteiger partial charge in [0, 0.05) is 28.9 Å². The number of H-pyrrole nitrogens is 2. The van der Waals surface area contributed by atoms with E-state index in [0.717, 1.165) is 107 Å². The van der Waals surface area contributed by atoms with Gasteiger partial charge >= 0.3 is 12.2 Å². The Morgan fingerprint density at radius 1 is 0.930 bits per heavy atom. The van der Waals surface area contributed by atoms with Crippen molar-refractivity contribution in [3.8, 4) is 39.4 Å². The van der Waals surface area contributed by atoms with Crippen LogP contribution in [0.15, 0.2) is 36.5 Å². The van der Waals surface area contributed by atoms with Crippen molar-refractivity contribution in [2.24, 2.45) is 5.92 Å². The number of imidazole rings is 2. The van der Waals surface area contributed by atoms with E-state index >= 15 is 0 Å². The molecular weight excluding hydrogens is 723 g/mol. The van der Waals surface area contributed by atoms with E-state index in [-0.39, 0.29) is 42.1 Å². The Balaban J connectivity index is 1.03. The standard InChI is InChI=1S/C44H55N7O6/c1-9-23(2)37(49-42(53)55-8)41(52)50-24(3)10-16-34(50)39-45-21-33(47-39)27-12-14-29-28(18-27)22-56-36-20-30-26(19-31(29)36)13-15-32-38(30)48-40(46-32)35-17-11-25(4)51(35)43(54)57-44(5,6)7/h12,14,18-21,23-25,34-35,37H,9-11,13,15-17,22H2,1-8H3,(H,45,47)(H,46,48)(H,49,53)/t23-,24-,25-,34-,35-,37-/m0/s1. The molecule has 2 saturated heterocycles. The third-order valence-electron chi connectivity index (χ3n) is 12.4.